The minimum absolute atomic E-state index is 0.253. The van der Waals surface area contributed by atoms with Crippen molar-refractivity contribution in [2.45, 2.75) is 44.6 Å². The highest BCUT2D eigenvalue weighted by atomic mass is 16.5. The van der Waals surface area contributed by atoms with Crippen molar-refractivity contribution in [3.8, 4) is 5.75 Å². The zero-order valence-electron chi connectivity index (χ0n) is 14.8. The third-order valence-electron chi connectivity index (χ3n) is 4.92. The van der Waals surface area contributed by atoms with Crippen molar-refractivity contribution >= 4 is 5.91 Å². The van der Waals surface area contributed by atoms with Crippen LogP contribution in [-0.4, -0.2) is 40.9 Å². The smallest absolute Gasteiger partial charge is 0.270 e. The molecule has 0 bridgehead atoms. The molecule has 0 aromatic carbocycles. The first-order valence-corrected chi connectivity index (χ1v) is 9.05. The maximum atomic E-state index is 12.9. The van der Waals surface area contributed by atoms with Crippen LogP contribution in [0.1, 0.15) is 54.0 Å². The van der Waals surface area contributed by atoms with Gasteiger partial charge in [0.2, 0.25) is 0 Å². The summed E-state index contributed by atoms with van der Waals surface area (Å²) in [4.78, 5) is 21.6. The van der Waals surface area contributed by atoms with E-state index in [9.17, 15) is 4.79 Å². The van der Waals surface area contributed by atoms with Gasteiger partial charge in [0.1, 0.15) is 17.0 Å². The summed E-state index contributed by atoms with van der Waals surface area (Å²) in [6.07, 6.45) is 5.30. The molecule has 4 rings (SSSR count). The summed E-state index contributed by atoms with van der Waals surface area (Å²) in [5, 5.41) is 7.07. The summed E-state index contributed by atoms with van der Waals surface area (Å²) in [6, 6.07) is 1.81. The predicted octanol–water partition coefficient (Wildman–Crippen LogP) is 1.79. The lowest BCUT2D eigenvalue weighted by atomic mass is 9.89. The minimum Gasteiger partial charge on any atom is -0.492 e. The van der Waals surface area contributed by atoms with Gasteiger partial charge in [-0.1, -0.05) is 12.1 Å². The molecule has 0 radical (unpaired) electrons. The molecule has 0 saturated carbocycles. The van der Waals surface area contributed by atoms with Crippen LogP contribution in [0, 0.1) is 0 Å². The van der Waals surface area contributed by atoms with Crippen LogP contribution in [0.25, 0.3) is 0 Å². The van der Waals surface area contributed by atoms with Crippen molar-refractivity contribution in [1.82, 2.24) is 20.4 Å². The molecule has 1 saturated heterocycles. The molecular weight excluding hydrogens is 336 g/mol. The quantitative estimate of drug-likeness (QED) is 0.889. The number of pyridine rings is 1. The fourth-order valence-electron chi connectivity index (χ4n) is 3.36. The molecule has 1 fully saturated rings. The highest BCUT2D eigenvalue weighted by Gasteiger charge is 2.41. The van der Waals surface area contributed by atoms with E-state index in [0.29, 0.717) is 56.5 Å². The van der Waals surface area contributed by atoms with Crippen LogP contribution in [0.15, 0.2) is 16.8 Å². The molecule has 2 aromatic rings. The highest BCUT2D eigenvalue weighted by Crippen LogP contribution is 2.32. The van der Waals surface area contributed by atoms with Gasteiger partial charge in [-0.2, -0.15) is 4.98 Å². The summed E-state index contributed by atoms with van der Waals surface area (Å²) in [5.74, 6) is 1.58. The van der Waals surface area contributed by atoms with E-state index < -0.39 is 5.54 Å². The van der Waals surface area contributed by atoms with E-state index in [2.05, 4.69) is 20.4 Å². The van der Waals surface area contributed by atoms with Gasteiger partial charge in [0, 0.05) is 32.5 Å². The number of aromatic nitrogens is 3. The molecule has 2 aliphatic heterocycles. The topological polar surface area (TPSA) is 99.4 Å². The lowest BCUT2D eigenvalue weighted by molar-refractivity contribution is 0.0220. The largest absolute Gasteiger partial charge is 0.492 e. The summed E-state index contributed by atoms with van der Waals surface area (Å²) >= 11 is 0. The second kappa shape index (κ2) is 7.03. The number of rotatable bonds is 4. The van der Waals surface area contributed by atoms with Crippen LogP contribution in [-0.2, 0) is 23.1 Å². The first kappa shape index (κ1) is 17.0. The van der Waals surface area contributed by atoms with Crippen molar-refractivity contribution in [3.63, 3.8) is 0 Å². The van der Waals surface area contributed by atoms with E-state index in [1.165, 1.54) is 0 Å². The molecule has 8 heteroatoms. The maximum absolute atomic E-state index is 12.9. The molecule has 26 heavy (non-hydrogen) atoms. The van der Waals surface area contributed by atoms with E-state index in [-0.39, 0.29) is 5.91 Å². The number of nitrogens with one attached hydrogen (secondary N) is 1. The average Bonchev–Trinajstić information content (AvgIpc) is 3.18. The van der Waals surface area contributed by atoms with E-state index in [0.717, 1.165) is 24.2 Å². The first-order valence-electron chi connectivity index (χ1n) is 9.05. The molecule has 0 unspecified atom stereocenters. The SMILES string of the molecule is CCc1noc(C2(NC(=O)c3cc4c(cn3)OCCC4)CCOCC2)n1. The van der Waals surface area contributed by atoms with Gasteiger partial charge in [-0.15, -0.1) is 0 Å². The monoisotopic (exact) mass is 358 g/mol. The summed E-state index contributed by atoms with van der Waals surface area (Å²) in [6.45, 7) is 3.70. The van der Waals surface area contributed by atoms with Gasteiger partial charge in [-0.3, -0.25) is 4.79 Å². The number of carbonyl (C=O) groups excluding carboxylic acids is 1. The molecule has 8 nitrogen and oxygen atoms in total. The second-order valence-corrected chi connectivity index (χ2v) is 6.65. The third-order valence-corrected chi connectivity index (χ3v) is 4.92. The second-order valence-electron chi connectivity index (χ2n) is 6.65. The van der Waals surface area contributed by atoms with Crippen molar-refractivity contribution in [3.05, 3.63) is 35.2 Å². The van der Waals surface area contributed by atoms with Crippen LogP contribution in [0.2, 0.25) is 0 Å². The predicted molar refractivity (Wildman–Crippen MR) is 90.9 cm³/mol. The molecule has 2 aromatic heterocycles. The molecule has 4 heterocycles. The van der Waals surface area contributed by atoms with E-state index >= 15 is 0 Å². The maximum Gasteiger partial charge on any atom is 0.270 e. The zero-order valence-corrected chi connectivity index (χ0v) is 14.8. The minimum atomic E-state index is -0.718. The van der Waals surface area contributed by atoms with Crippen molar-refractivity contribution < 1.29 is 18.8 Å². The molecule has 0 aliphatic carbocycles. The van der Waals surface area contributed by atoms with Gasteiger partial charge < -0.3 is 19.3 Å². The van der Waals surface area contributed by atoms with Gasteiger partial charge >= 0.3 is 0 Å². The fourth-order valence-corrected chi connectivity index (χ4v) is 3.36. The molecular formula is C18H22N4O4. The van der Waals surface area contributed by atoms with E-state index in [1.807, 2.05) is 13.0 Å². The number of ether oxygens (including phenoxy) is 2. The standard InChI is InChI=1S/C18H22N4O4/c1-2-15-20-17(26-22-15)18(5-8-24-9-6-18)21-16(23)13-10-12-4-3-7-25-14(12)11-19-13/h10-11H,2-9H2,1H3,(H,21,23). The number of amides is 1. The van der Waals surface area contributed by atoms with Gasteiger partial charge in [-0.05, 0) is 24.5 Å². The Hall–Kier alpha value is -2.48. The molecule has 0 atom stereocenters. The van der Waals surface area contributed by atoms with Gasteiger partial charge in [-0.25, -0.2) is 4.98 Å². The number of hydrogen-bond donors (Lipinski definition) is 1. The van der Waals surface area contributed by atoms with E-state index in [4.69, 9.17) is 14.0 Å². The molecule has 2 aliphatic rings. The number of aryl methyl sites for hydroxylation is 2. The molecule has 1 N–H and O–H groups in total. The van der Waals surface area contributed by atoms with Gasteiger partial charge in [0.05, 0.1) is 12.8 Å². The first-order chi connectivity index (χ1) is 12.7. The lowest BCUT2D eigenvalue weighted by Gasteiger charge is -2.34. The summed E-state index contributed by atoms with van der Waals surface area (Å²) in [7, 11) is 0. The van der Waals surface area contributed by atoms with Crippen molar-refractivity contribution in [2.75, 3.05) is 19.8 Å². The van der Waals surface area contributed by atoms with Gasteiger partial charge in [0.25, 0.3) is 11.8 Å². The van der Waals surface area contributed by atoms with Crippen molar-refractivity contribution in [1.29, 1.82) is 0 Å². The Bertz CT molecular complexity index is 798. The summed E-state index contributed by atoms with van der Waals surface area (Å²) in [5.41, 5.74) is 0.669. The Balaban J connectivity index is 1.60. The van der Waals surface area contributed by atoms with Gasteiger partial charge in [0.15, 0.2) is 5.82 Å². The van der Waals surface area contributed by atoms with E-state index in [1.54, 1.807) is 6.20 Å². The summed E-state index contributed by atoms with van der Waals surface area (Å²) < 4.78 is 16.5. The van der Waals surface area contributed by atoms with Crippen LogP contribution < -0.4 is 10.1 Å². The molecule has 1 amide bonds. The lowest BCUT2D eigenvalue weighted by Crippen LogP contribution is -2.50. The Kier molecular flexibility index (Phi) is 4.58. The van der Waals surface area contributed by atoms with Crippen molar-refractivity contribution in [2.24, 2.45) is 0 Å². The third kappa shape index (κ3) is 3.16. The number of hydrogen-bond acceptors (Lipinski definition) is 7. The molecule has 0 spiro atoms. The van der Waals surface area contributed by atoms with Crippen LogP contribution >= 0.6 is 0 Å². The Morgan fingerprint density at radius 2 is 2.15 bits per heavy atom. The Labute approximate surface area is 151 Å². The normalized spacial score (nSPS) is 18.7. The fraction of sp³-hybridized carbons (Fsp3) is 0.556. The number of nitrogens with zero attached hydrogens (tertiary/aromatic N) is 3. The van der Waals surface area contributed by atoms with Crippen LogP contribution in [0.5, 0.6) is 5.75 Å². The number of fused-ring (bicyclic) bond motifs is 1. The molecule has 138 valence electrons. The van der Waals surface area contributed by atoms with Crippen LogP contribution in [0.4, 0.5) is 0 Å². The average molecular weight is 358 g/mol. The highest BCUT2D eigenvalue weighted by molar-refractivity contribution is 5.93. The Morgan fingerprint density at radius 1 is 1.31 bits per heavy atom. The van der Waals surface area contributed by atoms with Crippen LogP contribution in [0.3, 0.4) is 0 Å². The zero-order chi connectivity index (χ0) is 18.0. The Morgan fingerprint density at radius 3 is 2.92 bits per heavy atom. The number of carbonyl (C=O) groups is 1.